The van der Waals surface area contributed by atoms with Crippen molar-refractivity contribution in [2.45, 2.75) is 6.54 Å². The predicted octanol–water partition coefficient (Wildman–Crippen LogP) is 1.13. The maximum absolute atomic E-state index is 12.4. The third-order valence-electron chi connectivity index (χ3n) is 1.35. The largest absolute Gasteiger partial charge is 0.269 e. The average Bonchev–Trinajstić information content (AvgIpc) is 1.93. The molecule has 0 saturated carbocycles. The molecule has 2 nitrogen and oxygen atoms in total. The molecule has 1 rings (SSSR count). The van der Waals surface area contributed by atoms with Gasteiger partial charge in [-0.15, -0.1) is 0 Å². The van der Waals surface area contributed by atoms with Gasteiger partial charge >= 0.3 is 0 Å². The fraction of sp³-hybridized carbons (Fsp3) is 0.250. The predicted molar refractivity (Wildman–Crippen MR) is 42.1 cm³/mol. The van der Waals surface area contributed by atoms with Crippen molar-refractivity contribution >= 4 is 0 Å². The molecule has 0 atom stereocenters. The summed E-state index contributed by atoms with van der Waals surface area (Å²) in [6.45, 7) is 0.639. The molecule has 0 aliphatic rings. The quantitative estimate of drug-likeness (QED) is 0.511. The van der Waals surface area contributed by atoms with Gasteiger partial charge in [0.2, 0.25) is 0 Å². The molecular formula is C8H11FN2. The first-order valence-electron chi connectivity index (χ1n) is 3.39. The Labute approximate surface area is 65.4 Å². The minimum atomic E-state index is -0.214. The molecule has 0 amide bonds. The highest BCUT2D eigenvalue weighted by atomic mass is 19.1. The molecule has 0 aliphatic carbocycles. The average molecular weight is 154 g/mol. The van der Waals surface area contributed by atoms with Crippen LogP contribution in [0.4, 0.5) is 4.39 Å². The van der Waals surface area contributed by atoms with Crippen molar-refractivity contribution in [3.8, 4) is 0 Å². The van der Waals surface area contributed by atoms with Gasteiger partial charge in [0.15, 0.2) is 0 Å². The Hall–Kier alpha value is -0.930. The molecule has 60 valence electrons. The zero-order valence-electron chi connectivity index (χ0n) is 6.42. The van der Waals surface area contributed by atoms with Crippen LogP contribution in [0, 0.1) is 5.82 Å². The van der Waals surface area contributed by atoms with Crippen molar-refractivity contribution in [3.63, 3.8) is 0 Å². The first-order valence-corrected chi connectivity index (χ1v) is 3.39. The van der Waals surface area contributed by atoms with Crippen molar-refractivity contribution in [2.24, 2.45) is 5.84 Å². The summed E-state index contributed by atoms with van der Waals surface area (Å²) in [5, 5.41) is 1.55. The first-order chi connectivity index (χ1) is 5.18. The van der Waals surface area contributed by atoms with E-state index in [0.717, 1.165) is 5.56 Å². The zero-order chi connectivity index (χ0) is 8.27. The van der Waals surface area contributed by atoms with Gasteiger partial charge < -0.3 is 0 Å². The van der Waals surface area contributed by atoms with E-state index < -0.39 is 0 Å². The number of nitrogens with zero attached hydrogens (tertiary/aromatic N) is 1. The van der Waals surface area contributed by atoms with Crippen LogP contribution in [0.2, 0.25) is 0 Å². The molecule has 11 heavy (non-hydrogen) atoms. The van der Waals surface area contributed by atoms with Crippen LogP contribution in [0.1, 0.15) is 5.56 Å². The fourth-order valence-corrected chi connectivity index (χ4v) is 0.878. The molecule has 3 heteroatoms. The van der Waals surface area contributed by atoms with Crippen molar-refractivity contribution < 1.29 is 4.39 Å². The Balaban J connectivity index is 2.66. The number of hydrazine groups is 1. The van der Waals surface area contributed by atoms with Gasteiger partial charge in [-0.1, -0.05) is 12.1 Å². The summed E-state index contributed by atoms with van der Waals surface area (Å²) in [5.41, 5.74) is 1.01. The van der Waals surface area contributed by atoms with Gasteiger partial charge in [0.1, 0.15) is 5.82 Å². The van der Waals surface area contributed by atoms with Crippen LogP contribution in [0.3, 0.4) is 0 Å². The standard InChI is InChI=1S/C8H11FN2/c1-11(10)6-7-2-4-8(9)5-3-7/h2-5H,6,10H2,1H3. The summed E-state index contributed by atoms with van der Waals surface area (Å²) in [6, 6.07) is 6.30. The van der Waals surface area contributed by atoms with E-state index in [0.29, 0.717) is 6.54 Å². The Morgan fingerprint density at radius 1 is 1.36 bits per heavy atom. The van der Waals surface area contributed by atoms with Gasteiger partial charge in [0, 0.05) is 13.6 Å². The first kappa shape index (κ1) is 8.17. The number of hydrogen-bond acceptors (Lipinski definition) is 2. The van der Waals surface area contributed by atoms with Crippen molar-refractivity contribution in [1.29, 1.82) is 0 Å². The Bertz CT molecular complexity index is 218. The third kappa shape index (κ3) is 2.65. The molecule has 0 fully saturated rings. The Kier molecular flexibility index (Phi) is 2.57. The van der Waals surface area contributed by atoms with E-state index >= 15 is 0 Å². The van der Waals surface area contributed by atoms with Crippen LogP contribution in [-0.2, 0) is 6.54 Å². The summed E-state index contributed by atoms with van der Waals surface area (Å²) in [5.74, 6) is 5.19. The monoisotopic (exact) mass is 154 g/mol. The second-order valence-corrected chi connectivity index (χ2v) is 2.54. The second-order valence-electron chi connectivity index (χ2n) is 2.54. The van der Waals surface area contributed by atoms with Crippen LogP contribution in [0.15, 0.2) is 24.3 Å². The summed E-state index contributed by atoms with van der Waals surface area (Å²) in [4.78, 5) is 0. The van der Waals surface area contributed by atoms with Gasteiger partial charge in [-0.3, -0.25) is 5.84 Å². The van der Waals surface area contributed by atoms with E-state index in [2.05, 4.69) is 0 Å². The van der Waals surface area contributed by atoms with Crippen LogP contribution < -0.4 is 5.84 Å². The van der Waals surface area contributed by atoms with Crippen LogP contribution in [0.25, 0.3) is 0 Å². The van der Waals surface area contributed by atoms with Gasteiger partial charge in [-0.2, -0.15) is 0 Å². The number of benzene rings is 1. The Morgan fingerprint density at radius 3 is 2.36 bits per heavy atom. The normalized spacial score (nSPS) is 10.5. The molecule has 0 unspecified atom stereocenters. The smallest absolute Gasteiger partial charge is 0.123 e. The lowest BCUT2D eigenvalue weighted by Crippen LogP contribution is -2.24. The second kappa shape index (κ2) is 3.46. The molecule has 0 bridgehead atoms. The van der Waals surface area contributed by atoms with E-state index in [-0.39, 0.29) is 5.82 Å². The van der Waals surface area contributed by atoms with E-state index in [9.17, 15) is 4.39 Å². The molecule has 0 spiro atoms. The van der Waals surface area contributed by atoms with Crippen molar-refractivity contribution in [2.75, 3.05) is 7.05 Å². The third-order valence-corrected chi connectivity index (χ3v) is 1.35. The zero-order valence-corrected chi connectivity index (χ0v) is 6.42. The minimum absolute atomic E-state index is 0.214. The van der Waals surface area contributed by atoms with Gasteiger partial charge in [-0.25, -0.2) is 9.40 Å². The molecule has 1 aromatic rings. The highest BCUT2D eigenvalue weighted by Gasteiger charge is 1.94. The number of halogens is 1. The lowest BCUT2D eigenvalue weighted by molar-refractivity contribution is 0.341. The molecule has 0 radical (unpaired) electrons. The maximum Gasteiger partial charge on any atom is 0.123 e. The molecule has 0 saturated heterocycles. The van der Waals surface area contributed by atoms with E-state index in [4.69, 9.17) is 5.84 Å². The highest BCUT2D eigenvalue weighted by molar-refractivity contribution is 5.15. The van der Waals surface area contributed by atoms with Crippen molar-refractivity contribution in [3.05, 3.63) is 35.6 Å². The summed E-state index contributed by atoms with van der Waals surface area (Å²) >= 11 is 0. The molecule has 0 aromatic heterocycles. The van der Waals surface area contributed by atoms with E-state index in [1.165, 1.54) is 12.1 Å². The molecule has 2 N–H and O–H groups in total. The summed E-state index contributed by atoms with van der Waals surface area (Å²) in [6.07, 6.45) is 0. The summed E-state index contributed by atoms with van der Waals surface area (Å²) in [7, 11) is 1.77. The van der Waals surface area contributed by atoms with E-state index in [1.807, 2.05) is 0 Å². The van der Waals surface area contributed by atoms with Gasteiger partial charge in [0.25, 0.3) is 0 Å². The molecule has 0 aliphatic heterocycles. The van der Waals surface area contributed by atoms with Crippen LogP contribution in [-0.4, -0.2) is 12.1 Å². The molecular weight excluding hydrogens is 143 g/mol. The maximum atomic E-state index is 12.4. The van der Waals surface area contributed by atoms with Gasteiger partial charge in [0.05, 0.1) is 0 Å². The number of nitrogens with two attached hydrogens (primary N) is 1. The minimum Gasteiger partial charge on any atom is -0.269 e. The molecule has 0 heterocycles. The van der Waals surface area contributed by atoms with Crippen LogP contribution >= 0.6 is 0 Å². The van der Waals surface area contributed by atoms with E-state index in [1.54, 1.807) is 24.2 Å². The van der Waals surface area contributed by atoms with Crippen LogP contribution in [0.5, 0.6) is 0 Å². The fourth-order valence-electron chi connectivity index (χ4n) is 0.878. The topological polar surface area (TPSA) is 29.3 Å². The van der Waals surface area contributed by atoms with Crippen molar-refractivity contribution in [1.82, 2.24) is 5.01 Å². The molecule has 1 aromatic carbocycles. The Morgan fingerprint density at radius 2 is 1.91 bits per heavy atom. The highest BCUT2D eigenvalue weighted by Crippen LogP contribution is 2.03. The van der Waals surface area contributed by atoms with Gasteiger partial charge in [-0.05, 0) is 17.7 Å². The number of rotatable bonds is 2. The number of hydrogen-bond donors (Lipinski definition) is 1. The SMILES string of the molecule is CN(N)Cc1ccc(F)cc1. The lowest BCUT2D eigenvalue weighted by atomic mass is 10.2. The lowest BCUT2D eigenvalue weighted by Gasteiger charge is -2.08. The summed E-state index contributed by atoms with van der Waals surface area (Å²) < 4.78 is 12.4.